The number of hydrogen-bond donors (Lipinski definition) is 1. The van der Waals surface area contributed by atoms with Crippen LogP contribution in [-0.4, -0.2) is 17.0 Å². The summed E-state index contributed by atoms with van der Waals surface area (Å²) in [7, 11) is 0. The number of ether oxygens (including phenoxy) is 1. The van der Waals surface area contributed by atoms with E-state index in [-0.39, 0.29) is 5.60 Å². The molecule has 10 heavy (non-hydrogen) atoms. The zero-order chi connectivity index (χ0) is 7.19. The molecule has 2 fully saturated rings. The van der Waals surface area contributed by atoms with Crippen molar-refractivity contribution in [3.63, 3.8) is 0 Å². The lowest BCUT2D eigenvalue weighted by Gasteiger charge is -2.31. The summed E-state index contributed by atoms with van der Waals surface area (Å²) < 4.78 is 5.41. The summed E-state index contributed by atoms with van der Waals surface area (Å²) in [6, 6.07) is 0. The Morgan fingerprint density at radius 2 is 2.20 bits per heavy atom. The van der Waals surface area contributed by atoms with Gasteiger partial charge < -0.3 is 9.84 Å². The molecule has 1 heterocycles. The molecule has 2 nitrogen and oxygen atoms in total. The lowest BCUT2D eigenvalue weighted by molar-refractivity contribution is -0.187. The molecule has 0 radical (unpaired) electrons. The first-order valence-electron chi connectivity index (χ1n) is 4.06. The summed E-state index contributed by atoms with van der Waals surface area (Å²) in [6.45, 7) is 2.19. The normalized spacial score (nSPS) is 43.8. The van der Waals surface area contributed by atoms with Gasteiger partial charge in [-0.15, -0.1) is 0 Å². The molecule has 58 valence electrons. The molecule has 2 aliphatic rings. The molecule has 1 aliphatic carbocycles. The van der Waals surface area contributed by atoms with Gasteiger partial charge in [-0.1, -0.05) is 6.92 Å². The van der Waals surface area contributed by atoms with Gasteiger partial charge in [0.2, 0.25) is 0 Å². The van der Waals surface area contributed by atoms with Gasteiger partial charge in [0.15, 0.2) is 6.29 Å². The molecule has 1 saturated carbocycles. The summed E-state index contributed by atoms with van der Waals surface area (Å²) in [5, 5.41) is 9.23. The second-order valence-corrected chi connectivity index (χ2v) is 3.80. The Bertz CT molecular complexity index is 128. The van der Waals surface area contributed by atoms with E-state index in [4.69, 9.17) is 4.74 Å². The van der Waals surface area contributed by atoms with Gasteiger partial charge in [-0.05, 0) is 25.2 Å². The van der Waals surface area contributed by atoms with Crippen molar-refractivity contribution in [2.75, 3.05) is 0 Å². The minimum absolute atomic E-state index is 0.122. The van der Waals surface area contributed by atoms with E-state index >= 15 is 0 Å². The fraction of sp³-hybridized carbons (Fsp3) is 1.00. The van der Waals surface area contributed by atoms with Crippen LogP contribution in [0.25, 0.3) is 0 Å². The Morgan fingerprint density at radius 3 is 2.70 bits per heavy atom. The van der Waals surface area contributed by atoms with Gasteiger partial charge in [0.05, 0.1) is 5.60 Å². The van der Waals surface area contributed by atoms with Crippen molar-refractivity contribution >= 4 is 0 Å². The molecule has 0 amide bonds. The Kier molecular flexibility index (Phi) is 1.29. The van der Waals surface area contributed by atoms with Crippen LogP contribution in [0, 0.1) is 5.92 Å². The van der Waals surface area contributed by atoms with E-state index < -0.39 is 6.29 Å². The average Bonchev–Trinajstić information content (AvgIpc) is 2.44. The summed E-state index contributed by atoms with van der Waals surface area (Å²) in [5.74, 6) is 0.645. The highest BCUT2D eigenvalue weighted by atomic mass is 16.6. The summed E-state index contributed by atoms with van der Waals surface area (Å²) in [4.78, 5) is 0. The van der Waals surface area contributed by atoms with Crippen molar-refractivity contribution < 1.29 is 9.84 Å². The van der Waals surface area contributed by atoms with E-state index in [9.17, 15) is 5.11 Å². The van der Waals surface area contributed by atoms with Crippen LogP contribution in [-0.2, 0) is 4.74 Å². The van der Waals surface area contributed by atoms with Gasteiger partial charge >= 0.3 is 0 Å². The topological polar surface area (TPSA) is 29.5 Å². The van der Waals surface area contributed by atoms with E-state index in [1.807, 2.05) is 0 Å². The van der Waals surface area contributed by atoms with Gasteiger partial charge in [-0.2, -0.15) is 0 Å². The van der Waals surface area contributed by atoms with Gasteiger partial charge in [0, 0.05) is 6.42 Å². The predicted octanol–water partition coefficient (Wildman–Crippen LogP) is 1.28. The zero-order valence-corrected chi connectivity index (χ0v) is 6.34. The van der Waals surface area contributed by atoms with Crippen molar-refractivity contribution in [2.24, 2.45) is 5.92 Å². The van der Waals surface area contributed by atoms with E-state index in [1.165, 1.54) is 0 Å². The molecule has 0 bridgehead atoms. The molecule has 1 N–H and O–H groups in total. The Morgan fingerprint density at radius 1 is 1.50 bits per heavy atom. The van der Waals surface area contributed by atoms with Crippen LogP contribution < -0.4 is 0 Å². The third kappa shape index (κ3) is 1.06. The molecule has 1 saturated heterocycles. The highest BCUT2D eigenvalue weighted by Crippen LogP contribution is 2.49. The number of aliphatic hydroxyl groups excluding tert-OH is 1. The zero-order valence-electron chi connectivity index (χ0n) is 6.34. The van der Waals surface area contributed by atoms with Crippen LogP contribution in [0.2, 0.25) is 0 Å². The van der Waals surface area contributed by atoms with Gasteiger partial charge in [-0.3, -0.25) is 0 Å². The second-order valence-electron chi connectivity index (χ2n) is 3.80. The first kappa shape index (κ1) is 6.62. The molecule has 0 aromatic rings. The largest absolute Gasteiger partial charge is 0.368 e. The highest BCUT2D eigenvalue weighted by molar-refractivity contribution is 4.99. The molecule has 1 aliphatic heterocycles. The van der Waals surface area contributed by atoms with E-state index in [1.54, 1.807) is 0 Å². The average molecular weight is 142 g/mol. The fourth-order valence-electron chi connectivity index (χ4n) is 1.91. The van der Waals surface area contributed by atoms with E-state index in [2.05, 4.69) is 6.92 Å². The predicted molar refractivity (Wildman–Crippen MR) is 37.5 cm³/mol. The standard InChI is InChI=1S/C8H14O2/c1-6-4-7(9)10-8(5-6)2-3-8/h6-7,9H,2-5H2,1H3/t6-,7-/m0/s1. The lowest BCUT2D eigenvalue weighted by atomic mass is 9.95. The molecule has 2 atom stereocenters. The van der Waals surface area contributed by atoms with E-state index in [0.29, 0.717) is 5.92 Å². The molecule has 0 unspecified atom stereocenters. The van der Waals surface area contributed by atoms with Crippen molar-refractivity contribution in [3.05, 3.63) is 0 Å². The molecule has 0 aromatic heterocycles. The smallest absolute Gasteiger partial charge is 0.155 e. The Balaban J connectivity index is 2.00. The minimum atomic E-state index is -0.480. The van der Waals surface area contributed by atoms with Crippen molar-refractivity contribution in [2.45, 2.75) is 44.5 Å². The number of hydrogen-bond acceptors (Lipinski definition) is 2. The van der Waals surface area contributed by atoms with Crippen LogP contribution in [0.3, 0.4) is 0 Å². The summed E-state index contributed by atoms with van der Waals surface area (Å²) in [6.07, 6.45) is 3.82. The fourth-order valence-corrected chi connectivity index (χ4v) is 1.91. The maximum atomic E-state index is 9.23. The van der Waals surface area contributed by atoms with E-state index in [0.717, 1.165) is 25.7 Å². The van der Waals surface area contributed by atoms with Crippen molar-refractivity contribution in [3.8, 4) is 0 Å². The maximum absolute atomic E-state index is 9.23. The quantitative estimate of drug-likeness (QED) is 0.552. The monoisotopic (exact) mass is 142 g/mol. The minimum Gasteiger partial charge on any atom is -0.368 e. The third-order valence-corrected chi connectivity index (χ3v) is 2.52. The van der Waals surface area contributed by atoms with Crippen LogP contribution in [0.5, 0.6) is 0 Å². The van der Waals surface area contributed by atoms with Crippen molar-refractivity contribution in [1.29, 1.82) is 0 Å². The van der Waals surface area contributed by atoms with Gasteiger partial charge in [0.1, 0.15) is 0 Å². The van der Waals surface area contributed by atoms with Crippen LogP contribution in [0.15, 0.2) is 0 Å². The first-order chi connectivity index (χ1) is 4.70. The molecular formula is C8H14O2. The summed E-state index contributed by atoms with van der Waals surface area (Å²) in [5.41, 5.74) is 0.122. The van der Waals surface area contributed by atoms with Crippen molar-refractivity contribution in [1.82, 2.24) is 0 Å². The SMILES string of the molecule is C[C@H]1C[C@@H](O)OC2(CC2)C1. The Hall–Kier alpha value is -0.0800. The van der Waals surface area contributed by atoms with Gasteiger partial charge in [0.25, 0.3) is 0 Å². The molecule has 2 rings (SSSR count). The molecule has 0 aromatic carbocycles. The van der Waals surface area contributed by atoms with Gasteiger partial charge in [-0.25, -0.2) is 0 Å². The first-order valence-corrected chi connectivity index (χ1v) is 4.06. The molecule has 1 spiro atoms. The van der Waals surface area contributed by atoms with Crippen LogP contribution in [0.4, 0.5) is 0 Å². The Labute approximate surface area is 61.2 Å². The molecule has 2 heteroatoms. The highest BCUT2D eigenvalue weighted by Gasteiger charge is 2.49. The van der Waals surface area contributed by atoms with Crippen LogP contribution >= 0.6 is 0 Å². The number of rotatable bonds is 0. The third-order valence-electron chi connectivity index (χ3n) is 2.52. The second kappa shape index (κ2) is 1.95. The number of aliphatic hydroxyl groups is 1. The maximum Gasteiger partial charge on any atom is 0.155 e. The lowest BCUT2D eigenvalue weighted by Crippen LogP contribution is -2.32. The molecular weight excluding hydrogens is 128 g/mol. The summed E-state index contributed by atoms with van der Waals surface area (Å²) >= 11 is 0. The van der Waals surface area contributed by atoms with Crippen LogP contribution in [0.1, 0.15) is 32.6 Å².